The number of carboxylic acids is 1. The third-order valence-electron chi connectivity index (χ3n) is 8.02. The molecule has 5 aromatic carbocycles. The summed E-state index contributed by atoms with van der Waals surface area (Å²) in [5, 5.41) is 14.7. The first-order valence-corrected chi connectivity index (χ1v) is 15.6. The molecule has 8 nitrogen and oxygen atoms in total. The highest BCUT2D eigenvalue weighted by Crippen LogP contribution is 2.30. The number of benzene rings is 5. The third kappa shape index (κ3) is 7.97. The lowest BCUT2D eigenvalue weighted by Gasteiger charge is -2.24. The molecule has 0 saturated heterocycles. The summed E-state index contributed by atoms with van der Waals surface area (Å²) in [7, 11) is 1.58. The Hall–Kier alpha value is -5.63. The van der Waals surface area contributed by atoms with E-state index >= 15 is 0 Å². The van der Waals surface area contributed by atoms with Gasteiger partial charge in [-0.2, -0.15) is 0 Å². The summed E-state index contributed by atoms with van der Waals surface area (Å²) in [5.41, 5.74) is 3.95. The van der Waals surface area contributed by atoms with Crippen LogP contribution < -0.4 is 14.8 Å². The number of amides is 2. The molecule has 5 rings (SSSR count). The van der Waals surface area contributed by atoms with Crippen LogP contribution in [0.15, 0.2) is 109 Å². The van der Waals surface area contributed by atoms with Gasteiger partial charge in [0.1, 0.15) is 0 Å². The van der Waals surface area contributed by atoms with Crippen LogP contribution in [-0.2, 0) is 17.8 Å². The number of hydrogen-bond acceptors (Lipinski definition) is 5. The molecule has 47 heavy (non-hydrogen) atoms. The Bertz CT molecular complexity index is 1880. The molecule has 0 fully saturated rings. The maximum absolute atomic E-state index is 14.1. The molecule has 2 amide bonds. The number of nitrogens with one attached hydrogen (secondary N) is 1. The van der Waals surface area contributed by atoms with E-state index in [9.17, 15) is 19.5 Å². The zero-order valence-corrected chi connectivity index (χ0v) is 26.6. The van der Waals surface area contributed by atoms with Crippen molar-refractivity contribution in [1.29, 1.82) is 0 Å². The summed E-state index contributed by atoms with van der Waals surface area (Å²) >= 11 is 0. The van der Waals surface area contributed by atoms with Crippen molar-refractivity contribution in [1.82, 2.24) is 10.2 Å². The number of hydrogen-bond donors (Lipinski definition) is 2. The second-order valence-corrected chi connectivity index (χ2v) is 11.0. The first-order valence-electron chi connectivity index (χ1n) is 15.6. The fraction of sp³-hybridized carbons (Fsp3) is 0.205. The maximum atomic E-state index is 14.1. The fourth-order valence-electron chi connectivity index (χ4n) is 5.66. The van der Waals surface area contributed by atoms with E-state index in [1.807, 2.05) is 91.9 Å². The third-order valence-corrected chi connectivity index (χ3v) is 8.02. The number of carboxylic acid groups (broad SMARTS) is 1. The van der Waals surface area contributed by atoms with Gasteiger partial charge in [0.15, 0.2) is 11.5 Å². The van der Waals surface area contributed by atoms with Crippen LogP contribution in [-0.4, -0.2) is 54.6 Å². The predicted octanol–water partition coefficient (Wildman–Crippen LogP) is 7.00. The SMILES string of the molecule is CCOc1cc(CCN(CCC(=O)O)C(=O)c2ccccc2-c2ccccc2C(=O)NCc2cccc3ccccc23)ccc1OC. The van der Waals surface area contributed by atoms with Crippen LogP contribution in [0.5, 0.6) is 11.5 Å². The minimum Gasteiger partial charge on any atom is -0.493 e. The van der Waals surface area contributed by atoms with E-state index in [1.165, 1.54) is 0 Å². The van der Waals surface area contributed by atoms with Crippen LogP contribution in [0.4, 0.5) is 0 Å². The lowest BCUT2D eigenvalue weighted by Crippen LogP contribution is -2.35. The normalized spacial score (nSPS) is 10.8. The van der Waals surface area contributed by atoms with E-state index in [-0.39, 0.29) is 31.3 Å². The summed E-state index contributed by atoms with van der Waals surface area (Å²) in [6.45, 7) is 3.02. The smallest absolute Gasteiger partial charge is 0.305 e. The highest BCUT2D eigenvalue weighted by Gasteiger charge is 2.23. The second kappa shape index (κ2) is 15.6. The summed E-state index contributed by atoms with van der Waals surface area (Å²) in [4.78, 5) is 40.9. The first kappa shape index (κ1) is 32.8. The van der Waals surface area contributed by atoms with Gasteiger partial charge < -0.3 is 24.8 Å². The van der Waals surface area contributed by atoms with Gasteiger partial charge in [-0.15, -0.1) is 0 Å². The molecule has 0 radical (unpaired) electrons. The van der Waals surface area contributed by atoms with Crippen molar-refractivity contribution < 1.29 is 29.0 Å². The van der Waals surface area contributed by atoms with E-state index in [1.54, 1.807) is 36.3 Å². The van der Waals surface area contributed by atoms with E-state index in [2.05, 4.69) is 5.32 Å². The minimum absolute atomic E-state index is 0.0319. The molecule has 0 saturated carbocycles. The van der Waals surface area contributed by atoms with E-state index in [0.717, 1.165) is 21.9 Å². The van der Waals surface area contributed by atoms with Crippen LogP contribution in [0.25, 0.3) is 21.9 Å². The Morgan fingerprint density at radius 3 is 2.19 bits per heavy atom. The Morgan fingerprint density at radius 1 is 0.766 bits per heavy atom. The summed E-state index contributed by atoms with van der Waals surface area (Å²) < 4.78 is 11.1. The molecular formula is C39H38N2O6. The number of rotatable bonds is 14. The highest BCUT2D eigenvalue weighted by molar-refractivity contribution is 6.06. The van der Waals surface area contributed by atoms with Crippen LogP contribution in [0.2, 0.25) is 0 Å². The average molecular weight is 631 g/mol. The minimum atomic E-state index is -0.993. The molecular weight excluding hydrogens is 592 g/mol. The summed E-state index contributed by atoms with van der Waals surface area (Å²) in [6.07, 6.45) is 0.276. The maximum Gasteiger partial charge on any atom is 0.305 e. The lowest BCUT2D eigenvalue weighted by molar-refractivity contribution is -0.137. The average Bonchev–Trinajstić information content (AvgIpc) is 3.10. The van der Waals surface area contributed by atoms with E-state index in [4.69, 9.17) is 9.47 Å². The molecule has 0 unspecified atom stereocenters. The van der Waals surface area contributed by atoms with Crippen molar-refractivity contribution in [2.45, 2.75) is 26.3 Å². The van der Waals surface area contributed by atoms with E-state index < -0.39 is 5.97 Å². The molecule has 0 heterocycles. The molecule has 0 aliphatic carbocycles. The van der Waals surface area contributed by atoms with Crippen molar-refractivity contribution in [3.63, 3.8) is 0 Å². The van der Waals surface area contributed by atoms with Gasteiger partial charge in [0.05, 0.1) is 20.1 Å². The number of carbonyl (C=O) groups is 3. The molecule has 0 aliphatic heterocycles. The van der Waals surface area contributed by atoms with Crippen LogP contribution in [0.3, 0.4) is 0 Å². The van der Waals surface area contributed by atoms with Gasteiger partial charge in [-0.3, -0.25) is 14.4 Å². The van der Waals surface area contributed by atoms with Crippen molar-refractivity contribution in [3.05, 3.63) is 131 Å². The van der Waals surface area contributed by atoms with Crippen molar-refractivity contribution in [2.24, 2.45) is 0 Å². The number of fused-ring (bicyclic) bond motifs is 1. The topological polar surface area (TPSA) is 105 Å². The molecule has 0 aromatic heterocycles. The summed E-state index contributed by atoms with van der Waals surface area (Å²) in [5.74, 6) is -0.346. The van der Waals surface area contributed by atoms with Crippen molar-refractivity contribution in [2.75, 3.05) is 26.8 Å². The van der Waals surface area contributed by atoms with Gasteiger partial charge in [-0.25, -0.2) is 0 Å². The number of aliphatic carboxylic acids is 1. The standard InChI is InChI=1S/C39H38N2O6/c1-3-47-36-25-27(19-20-35(36)46-2)21-23-41(24-22-37(42)43)39(45)34-18-9-7-16-32(34)31-15-6-8-17-33(31)38(44)40-26-29-13-10-12-28-11-4-5-14-30(28)29/h4-20,25H,3,21-24,26H2,1-2H3,(H,40,44)(H,42,43). The highest BCUT2D eigenvalue weighted by atomic mass is 16.5. The van der Waals surface area contributed by atoms with Gasteiger partial charge >= 0.3 is 5.97 Å². The molecule has 240 valence electrons. The molecule has 5 aromatic rings. The Labute approximate surface area is 274 Å². The molecule has 0 atom stereocenters. The number of carbonyl (C=O) groups excluding carboxylic acids is 2. The Morgan fingerprint density at radius 2 is 1.45 bits per heavy atom. The van der Waals surface area contributed by atoms with Gasteiger partial charge in [-0.05, 0) is 70.6 Å². The fourth-order valence-corrected chi connectivity index (χ4v) is 5.66. The zero-order valence-electron chi connectivity index (χ0n) is 26.6. The Balaban J connectivity index is 1.40. The van der Waals surface area contributed by atoms with Gasteiger partial charge in [0, 0.05) is 30.8 Å². The molecule has 0 bridgehead atoms. The molecule has 8 heteroatoms. The monoisotopic (exact) mass is 630 g/mol. The van der Waals surface area contributed by atoms with Crippen molar-refractivity contribution in [3.8, 4) is 22.6 Å². The second-order valence-electron chi connectivity index (χ2n) is 11.0. The zero-order chi connectivity index (χ0) is 33.2. The number of ether oxygens (including phenoxy) is 2. The van der Waals surface area contributed by atoms with Gasteiger partial charge in [0.2, 0.25) is 0 Å². The summed E-state index contributed by atoms with van der Waals surface area (Å²) in [6, 6.07) is 34.0. The van der Waals surface area contributed by atoms with Crippen LogP contribution >= 0.6 is 0 Å². The molecule has 2 N–H and O–H groups in total. The quantitative estimate of drug-likeness (QED) is 0.137. The number of nitrogens with zero attached hydrogens (tertiary/aromatic N) is 1. The van der Waals surface area contributed by atoms with Crippen LogP contribution in [0.1, 0.15) is 45.2 Å². The first-order chi connectivity index (χ1) is 22.9. The largest absolute Gasteiger partial charge is 0.493 e. The Kier molecular flexibility index (Phi) is 10.9. The number of methoxy groups -OCH3 is 1. The van der Waals surface area contributed by atoms with Gasteiger partial charge in [0.25, 0.3) is 11.8 Å². The molecule has 0 aliphatic rings. The van der Waals surface area contributed by atoms with E-state index in [0.29, 0.717) is 53.3 Å². The lowest BCUT2D eigenvalue weighted by atomic mass is 9.94. The van der Waals surface area contributed by atoms with Gasteiger partial charge in [-0.1, -0.05) is 84.9 Å². The van der Waals surface area contributed by atoms with Crippen LogP contribution in [0, 0.1) is 0 Å². The van der Waals surface area contributed by atoms with Crippen molar-refractivity contribution >= 4 is 28.6 Å². The predicted molar refractivity (Wildman–Crippen MR) is 183 cm³/mol. The molecule has 0 spiro atoms.